The van der Waals surface area contributed by atoms with Crippen LogP contribution in [0.1, 0.15) is 0 Å². The topological polar surface area (TPSA) is 59.8 Å². The van der Waals surface area contributed by atoms with Crippen LogP contribution in [0, 0.1) is 0 Å². The number of hydrogen-bond donors (Lipinski definition) is 1. The van der Waals surface area contributed by atoms with Gasteiger partial charge in [0.05, 0.1) is 6.20 Å². The molecule has 1 N–H and O–H groups in total. The zero-order valence-corrected chi connectivity index (χ0v) is 13.4. The molecule has 1 heterocycles. The van der Waals surface area contributed by atoms with E-state index in [2.05, 4.69) is 15.6 Å². The van der Waals surface area contributed by atoms with Crippen LogP contribution in [0.2, 0.25) is 10.0 Å². The number of halogens is 2. The molecule has 2 aromatic carbocycles. The summed E-state index contributed by atoms with van der Waals surface area (Å²) in [6.45, 7) is 0.0726. The lowest BCUT2D eigenvalue weighted by atomic mass is 10.2. The molecule has 0 saturated heterocycles. The van der Waals surface area contributed by atoms with E-state index in [0.29, 0.717) is 21.4 Å². The van der Waals surface area contributed by atoms with E-state index in [1.54, 1.807) is 42.6 Å². The summed E-state index contributed by atoms with van der Waals surface area (Å²) in [4.78, 5) is 12.0. The molecule has 0 bridgehead atoms. The van der Waals surface area contributed by atoms with Gasteiger partial charge in [0.25, 0.3) is 0 Å². The van der Waals surface area contributed by atoms with Gasteiger partial charge >= 0.3 is 0 Å². The summed E-state index contributed by atoms with van der Waals surface area (Å²) < 4.78 is 1.48. The van der Waals surface area contributed by atoms with Crippen LogP contribution < -0.4 is 5.32 Å². The Morgan fingerprint density at radius 2 is 1.61 bits per heavy atom. The Balaban J connectivity index is 1.65. The van der Waals surface area contributed by atoms with E-state index >= 15 is 0 Å². The molecule has 0 aliphatic heterocycles. The van der Waals surface area contributed by atoms with Gasteiger partial charge in [-0.1, -0.05) is 40.5 Å². The number of hydrogen-bond acceptors (Lipinski definition) is 3. The molecule has 116 valence electrons. The Morgan fingerprint density at radius 1 is 1.00 bits per heavy atom. The van der Waals surface area contributed by atoms with Crippen molar-refractivity contribution in [3.05, 3.63) is 64.8 Å². The van der Waals surface area contributed by atoms with Crippen molar-refractivity contribution in [1.82, 2.24) is 15.0 Å². The van der Waals surface area contributed by atoms with E-state index in [1.165, 1.54) is 4.68 Å². The fourth-order valence-electron chi connectivity index (χ4n) is 2.01. The Kier molecular flexibility index (Phi) is 4.60. The maximum absolute atomic E-state index is 12.0. The van der Waals surface area contributed by atoms with E-state index in [0.717, 1.165) is 5.56 Å². The van der Waals surface area contributed by atoms with Crippen LogP contribution in [0.15, 0.2) is 54.7 Å². The predicted octanol–water partition coefficient (Wildman–Crippen LogP) is 3.89. The van der Waals surface area contributed by atoms with Crippen molar-refractivity contribution in [2.45, 2.75) is 6.54 Å². The minimum absolute atomic E-state index is 0.0726. The van der Waals surface area contributed by atoms with E-state index in [-0.39, 0.29) is 12.5 Å². The van der Waals surface area contributed by atoms with Gasteiger partial charge in [0.15, 0.2) is 0 Å². The molecule has 0 unspecified atom stereocenters. The molecule has 0 spiro atoms. The Morgan fingerprint density at radius 3 is 2.26 bits per heavy atom. The van der Waals surface area contributed by atoms with Crippen LogP contribution in [0.5, 0.6) is 0 Å². The molecule has 5 nitrogen and oxygen atoms in total. The average Bonchev–Trinajstić information content (AvgIpc) is 2.98. The standard InChI is InChI=1S/C16H12Cl2N4O/c17-12-3-1-11(2-4-12)15-9-22(21-20-15)10-16(23)19-14-7-5-13(18)6-8-14/h1-9H,10H2,(H,19,23). The maximum atomic E-state index is 12.0. The first-order chi connectivity index (χ1) is 11.1. The lowest BCUT2D eigenvalue weighted by Crippen LogP contribution is -2.19. The van der Waals surface area contributed by atoms with Crippen molar-refractivity contribution in [3.63, 3.8) is 0 Å². The number of anilines is 1. The second kappa shape index (κ2) is 6.81. The largest absolute Gasteiger partial charge is 0.324 e. The first-order valence-electron chi connectivity index (χ1n) is 6.82. The van der Waals surface area contributed by atoms with E-state index < -0.39 is 0 Å². The monoisotopic (exact) mass is 346 g/mol. The van der Waals surface area contributed by atoms with E-state index in [1.807, 2.05) is 12.1 Å². The second-order valence-electron chi connectivity index (χ2n) is 4.86. The molecule has 1 amide bonds. The Hall–Kier alpha value is -2.37. The molecule has 1 aromatic heterocycles. The van der Waals surface area contributed by atoms with Crippen LogP contribution in [-0.2, 0) is 11.3 Å². The summed E-state index contributed by atoms with van der Waals surface area (Å²) in [6.07, 6.45) is 1.71. The Bertz CT molecular complexity index is 813. The van der Waals surface area contributed by atoms with Crippen molar-refractivity contribution in [3.8, 4) is 11.3 Å². The maximum Gasteiger partial charge on any atom is 0.246 e. The van der Waals surface area contributed by atoms with Crippen molar-refractivity contribution >= 4 is 34.8 Å². The number of carbonyl (C=O) groups excluding carboxylic acids is 1. The minimum atomic E-state index is -0.195. The molecule has 0 aliphatic carbocycles. The van der Waals surface area contributed by atoms with Crippen LogP contribution in [0.4, 0.5) is 5.69 Å². The first kappa shape index (κ1) is 15.5. The molecule has 0 fully saturated rings. The number of benzene rings is 2. The number of aromatic nitrogens is 3. The molecule has 0 saturated carbocycles. The van der Waals surface area contributed by atoms with Gasteiger partial charge in [0, 0.05) is 21.3 Å². The van der Waals surface area contributed by atoms with Crippen molar-refractivity contribution < 1.29 is 4.79 Å². The highest BCUT2D eigenvalue weighted by atomic mass is 35.5. The van der Waals surface area contributed by atoms with E-state index in [4.69, 9.17) is 23.2 Å². The highest BCUT2D eigenvalue weighted by Crippen LogP contribution is 2.19. The van der Waals surface area contributed by atoms with Crippen molar-refractivity contribution in [1.29, 1.82) is 0 Å². The lowest BCUT2D eigenvalue weighted by Gasteiger charge is -2.04. The Labute approximate surface area is 142 Å². The van der Waals surface area contributed by atoms with Crippen molar-refractivity contribution in [2.75, 3.05) is 5.32 Å². The van der Waals surface area contributed by atoms with Gasteiger partial charge in [-0.15, -0.1) is 5.10 Å². The number of nitrogens with zero attached hydrogens (tertiary/aromatic N) is 3. The summed E-state index contributed by atoms with van der Waals surface area (Å²) in [5, 5.41) is 12.1. The highest BCUT2D eigenvalue weighted by Gasteiger charge is 2.08. The summed E-state index contributed by atoms with van der Waals surface area (Å²) >= 11 is 11.7. The molecule has 0 atom stereocenters. The lowest BCUT2D eigenvalue weighted by molar-refractivity contribution is -0.116. The third-order valence-electron chi connectivity index (χ3n) is 3.11. The van der Waals surface area contributed by atoms with Gasteiger partial charge in [-0.3, -0.25) is 4.79 Å². The molecular weight excluding hydrogens is 335 g/mol. The third kappa shape index (κ3) is 4.09. The van der Waals surface area contributed by atoms with Crippen LogP contribution in [0.3, 0.4) is 0 Å². The normalized spacial score (nSPS) is 10.5. The van der Waals surface area contributed by atoms with Gasteiger partial charge in [-0.2, -0.15) is 0 Å². The molecule has 7 heteroatoms. The molecule has 3 rings (SSSR count). The molecular formula is C16H12Cl2N4O. The van der Waals surface area contributed by atoms with E-state index in [9.17, 15) is 4.79 Å². The first-order valence-corrected chi connectivity index (χ1v) is 7.57. The van der Waals surface area contributed by atoms with Crippen LogP contribution in [0.25, 0.3) is 11.3 Å². The second-order valence-corrected chi connectivity index (χ2v) is 5.74. The summed E-state index contributed by atoms with van der Waals surface area (Å²) in [6, 6.07) is 14.2. The number of nitrogens with one attached hydrogen (secondary N) is 1. The highest BCUT2D eigenvalue weighted by molar-refractivity contribution is 6.30. The number of carbonyl (C=O) groups is 1. The summed E-state index contributed by atoms with van der Waals surface area (Å²) in [5.41, 5.74) is 2.25. The third-order valence-corrected chi connectivity index (χ3v) is 3.62. The van der Waals surface area contributed by atoms with Gasteiger partial charge in [0.1, 0.15) is 12.2 Å². The van der Waals surface area contributed by atoms with Gasteiger partial charge in [-0.25, -0.2) is 4.68 Å². The SMILES string of the molecule is O=C(Cn1cc(-c2ccc(Cl)cc2)nn1)Nc1ccc(Cl)cc1. The fourth-order valence-corrected chi connectivity index (χ4v) is 2.26. The molecule has 23 heavy (non-hydrogen) atoms. The zero-order chi connectivity index (χ0) is 16.2. The molecule has 0 radical (unpaired) electrons. The molecule has 0 aliphatic rings. The number of rotatable bonds is 4. The van der Waals surface area contributed by atoms with Gasteiger partial charge in [0.2, 0.25) is 5.91 Å². The fraction of sp³-hybridized carbons (Fsp3) is 0.0625. The van der Waals surface area contributed by atoms with Crippen molar-refractivity contribution in [2.24, 2.45) is 0 Å². The smallest absolute Gasteiger partial charge is 0.246 e. The predicted molar refractivity (Wildman–Crippen MR) is 90.5 cm³/mol. The zero-order valence-electron chi connectivity index (χ0n) is 11.9. The van der Waals surface area contributed by atoms with Crippen LogP contribution in [-0.4, -0.2) is 20.9 Å². The van der Waals surface area contributed by atoms with Crippen LogP contribution >= 0.6 is 23.2 Å². The average molecular weight is 347 g/mol. The summed E-state index contributed by atoms with van der Waals surface area (Å²) in [5.74, 6) is -0.195. The molecule has 3 aromatic rings. The quantitative estimate of drug-likeness (QED) is 0.779. The van der Waals surface area contributed by atoms with Gasteiger partial charge in [-0.05, 0) is 36.4 Å². The minimum Gasteiger partial charge on any atom is -0.324 e. The van der Waals surface area contributed by atoms with Gasteiger partial charge < -0.3 is 5.32 Å². The summed E-state index contributed by atoms with van der Waals surface area (Å²) in [7, 11) is 0. The number of amides is 1.